The van der Waals surface area contributed by atoms with Crippen LogP contribution in [0.4, 0.5) is 0 Å². The highest BCUT2D eigenvalue weighted by Gasteiger charge is 1.95. The number of rotatable bonds is 4. The molecule has 0 amide bonds. The Kier molecular flexibility index (Phi) is 5.81. The van der Waals surface area contributed by atoms with Gasteiger partial charge in [0.2, 0.25) is 0 Å². The van der Waals surface area contributed by atoms with Crippen LogP contribution in [0.5, 0.6) is 0 Å². The minimum absolute atomic E-state index is 0.689. The summed E-state index contributed by atoms with van der Waals surface area (Å²) in [7, 11) is 0. The fourth-order valence-corrected chi connectivity index (χ4v) is 1.06. The molecule has 1 atom stereocenters. The summed E-state index contributed by atoms with van der Waals surface area (Å²) in [6, 6.07) is 0. The quantitative estimate of drug-likeness (QED) is 0.436. The van der Waals surface area contributed by atoms with Crippen molar-refractivity contribution in [3.63, 3.8) is 0 Å². The Bertz CT molecular complexity index is 99.3. The lowest BCUT2D eigenvalue weighted by Gasteiger charge is -2.04. The Balaban J connectivity index is 3.83. The topological polar surface area (TPSA) is 0 Å². The van der Waals surface area contributed by atoms with Crippen molar-refractivity contribution in [3.8, 4) is 0 Å². The summed E-state index contributed by atoms with van der Waals surface area (Å²) in [6.45, 7) is 6.57. The Morgan fingerprint density at radius 2 is 2.10 bits per heavy atom. The SMILES string of the molecule is CC/C(=C/C(C)CC)CCl. The Morgan fingerprint density at radius 1 is 1.50 bits per heavy atom. The zero-order chi connectivity index (χ0) is 7.98. The third kappa shape index (κ3) is 3.94. The molecule has 0 aliphatic rings. The second-order valence-electron chi connectivity index (χ2n) is 2.70. The van der Waals surface area contributed by atoms with Crippen LogP contribution in [-0.4, -0.2) is 5.88 Å². The summed E-state index contributed by atoms with van der Waals surface area (Å²) in [5.74, 6) is 1.38. The van der Waals surface area contributed by atoms with Gasteiger partial charge >= 0.3 is 0 Å². The molecule has 0 rings (SSSR count). The fourth-order valence-electron chi connectivity index (χ4n) is 0.777. The molecule has 10 heavy (non-hydrogen) atoms. The van der Waals surface area contributed by atoms with Gasteiger partial charge in [-0.05, 0) is 12.3 Å². The first-order chi connectivity index (χ1) is 4.74. The summed E-state index contributed by atoms with van der Waals surface area (Å²) in [4.78, 5) is 0. The summed E-state index contributed by atoms with van der Waals surface area (Å²) in [6.07, 6.45) is 4.58. The highest BCUT2D eigenvalue weighted by Crippen LogP contribution is 2.10. The van der Waals surface area contributed by atoms with Crippen molar-refractivity contribution in [2.24, 2.45) is 5.92 Å². The van der Waals surface area contributed by atoms with Crippen molar-refractivity contribution in [2.45, 2.75) is 33.6 Å². The van der Waals surface area contributed by atoms with Gasteiger partial charge in [-0.1, -0.05) is 38.8 Å². The molecular formula is C9H17Cl. The monoisotopic (exact) mass is 160 g/mol. The van der Waals surface area contributed by atoms with Crippen molar-refractivity contribution in [1.29, 1.82) is 0 Å². The van der Waals surface area contributed by atoms with Gasteiger partial charge in [0.1, 0.15) is 0 Å². The van der Waals surface area contributed by atoms with E-state index in [4.69, 9.17) is 11.6 Å². The van der Waals surface area contributed by atoms with Crippen LogP contribution in [0.3, 0.4) is 0 Å². The molecule has 0 N–H and O–H groups in total. The smallest absolute Gasteiger partial charge is 0.0433 e. The van der Waals surface area contributed by atoms with E-state index in [2.05, 4.69) is 26.8 Å². The average Bonchev–Trinajstić information content (AvgIpc) is 1.99. The van der Waals surface area contributed by atoms with Crippen LogP contribution >= 0.6 is 11.6 Å². The summed E-state index contributed by atoms with van der Waals surface area (Å²) < 4.78 is 0. The van der Waals surface area contributed by atoms with Crippen LogP contribution < -0.4 is 0 Å². The maximum absolute atomic E-state index is 5.70. The molecule has 0 aromatic carbocycles. The second kappa shape index (κ2) is 5.79. The van der Waals surface area contributed by atoms with E-state index in [0.717, 1.165) is 6.42 Å². The fraction of sp³-hybridized carbons (Fsp3) is 0.778. The normalized spacial score (nSPS) is 15.4. The first-order valence-corrected chi connectivity index (χ1v) is 4.53. The van der Waals surface area contributed by atoms with Gasteiger partial charge in [0, 0.05) is 5.88 Å². The summed E-state index contributed by atoms with van der Waals surface area (Å²) in [5, 5.41) is 0. The van der Waals surface area contributed by atoms with Gasteiger partial charge in [0.05, 0.1) is 0 Å². The van der Waals surface area contributed by atoms with Crippen LogP contribution in [0.1, 0.15) is 33.6 Å². The molecule has 0 aromatic heterocycles. The molecule has 0 radical (unpaired) electrons. The first-order valence-electron chi connectivity index (χ1n) is 4.00. The highest BCUT2D eigenvalue weighted by molar-refractivity contribution is 6.19. The molecule has 1 heteroatoms. The minimum atomic E-state index is 0.689. The summed E-state index contributed by atoms with van der Waals surface area (Å²) >= 11 is 5.70. The van der Waals surface area contributed by atoms with Gasteiger partial charge in [0.15, 0.2) is 0 Å². The van der Waals surface area contributed by atoms with E-state index in [1.165, 1.54) is 12.0 Å². The molecule has 0 fully saturated rings. The minimum Gasteiger partial charge on any atom is -0.122 e. The molecule has 1 unspecified atom stereocenters. The van der Waals surface area contributed by atoms with Crippen molar-refractivity contribution in [2.75, 3.05) is 5.88 Å². The van der Waals surface area contributed by atoms with Gasteiger partial charge in [-0.3, -0.25) is 0 Å². The van der Waals surface area contributed by atoms with Gasteiger partial charge < -0.3 is 0 Å². The molecule has 0 saturated carbocycles. The standard InChI is InChI=1S/C9H17Cl/c1-4-8(3)6-9(5-2)7-10/h6,8H,4-5,7H2,1-3H3/b9-6-. The lowest BCUT2D eigenvalue weighted by atomic mass is 10.0. The molecule has 0 bridgehead atoms. The van der Waals surface area contributed by atoms with E-state index in [1.54, 1.807) is 0 Å². The average molecular weight is 161 g/mol. The third-order valence-electron chi connectivity index (χ3n) is 1.79. The molecular weight excluding hydrogens is 144 g/mol. The maximum atomic E-state index is 5.70. The van der Waals surface area contributed by atoms with Crippen LogP contribution in [0.25, 0.3) is 0 Å². The number of halogens is 1. The van der Waals surface area contributed by atoms with Gasteiger partial charge in [-0.25, -0.2) is 0 Å². The van der Waals surface area contributed by atoms with Gasteiger partial charge in [0.25, 0.3) is 0 Å². The third-order valence-corrected chi connectivity index (χ3v) is 2.13. The summed E-state index contributed by atoms with van der Waals surface area (Å²) in [5.41, 5.74) is 1.37. The van der Waals surface area contributed by atoms with Crippen molar-refractivity contribution in [1.82, 2.24) is 0 Å². The van der Waals surface area contributed by atoms with Crippen molar-refractivity contribution >= 4 is 11.6 Å². The molecule has 0 spiro atoms. The molecule has 0 heterocycles. The zero-order valence-electron chi connectivity index (χ0n) is 7.15. The Labute approximate surface area is 69.3 Å². The van der Waals surface area contributed by atoms with Crippen LogP contribution in [0.15, 0.2) is 11.6 Å². The largest absolute Gasteiger partial charge is 0.122 e. The van der Waals surface area contributed by atoms with Crippen molar-refractivity contribution in [3.05, 3.63) is 11.6 Å². The Hall–Kier alpha value is 0.0300. The maximum Gasteiger partial charge on any atom is 0.0433 e. The van der Waals surface area contributed by atoms with Crippen LogP contribution in [-0.2, 0) is 0 Å². The van der Waals surface area contributed by atoms with Gasteiger partial charge in [-0.15, -0.1) is 11.6 Å². The van der Waals surface area contributed by atoms with E-state index >= 15 is 0 Å². The lowest BCUT2D eigenvalue weighted by molar-refractivity contribution is 0.690. The molecule has 0 aromatic rings. The molecule has 0 aliphatic carbocycles. The number of alkyl halides is 1. The molecule has 0 saturated heterocycles. The number of hydrogen-bond acceptors (Lipinski definition) is 0. The predicted molar refractivity (Wildman–Crippen MR) is 48.5 cm³/mol. The van der Waals surface area contributed by atoms with E-state index in [0.29, 0.717) is 11.8 Å². The van der Waals surface area contributed by atoms with Crippen molar-refractivity contribution < 1.29 is 0 Å². The van der Waals surface area contributed by atoms with E-state index in [1.807, 2.05) is 0 Å². The number of hydrogen-bond donors (Lipinski definition) is 0. The predicted octanol–water partition coefficient (Wildman–Crippen LogP) is 3.61. The van der Waals surface area contributed by atoms with E-state index in [-0.39, 0.29) is 0 Å². The molecule has 60 valence electrons. The Morgan fingerprint density at radius 3 is 2.40 bits per heavy atom. The van der Waals surface area contributed by atoms with E-state index < -0.39 is 0 Å². The molecule has 0 nitrogen and oxygen atoms in total. The van der Waals surface area contributed by atoms with Crippen LogP contribution in [0, 0.1) is 5.92 Å². The lowest BCUT2D eigenvalue weighted by Crippen LogP contribution is -1.90. The zero-order valence-corrected chi connectivity index (χ0v) is 7.91. The van der Waals surface area contributed by atoms with E-state index in [9.17, 15) is 0 Å². The van der Waals surface area contributed by atoms with Crippen LogP contribution in [0.2, 0.25) is 0 Å². The molecule has 0 aliphatic heterocycles. The second-order valence-corrected chi connectivity index (χ2v) is 2.96. The highest BCUT2D eigenvalue weighted by atomic mass is 35.5. The number of allylic oxidation sites excluding steroid dienone is 2. The first kappa shape index (κ1) is 10.0. The van der Waals surface area contributed by atoms with Gasteiger partial charge in [-0.2, -0.15) is 0 Å².